The van der Waals surface area contributed by atoms with Crippen LogP contribution in [0.4, 0.5) is 5.69 Å². The molecule has 0 spiro atoms. The third-order valence-corrected chi connectivity index (χ3v) is 3.36. The summed E-state index contributed by atoms with van der Waals surface area (Å²) in [5, 5.41) is 6.71. The van der Waals surface area contributed by atoms with Crippen molar-refractivity contribution in [2.45, 2.75) is 6.92 Å². The Hall–Kier alpha value is -2.86. The molecule has 7 heteroatoms. The second-order valence-electron chi connectivity index (χ2n) is 4.89. The van der Waals surface area contributed by atoms with E-state index in [9.17, 15) is 9.59 Å². The van der Waals surface area contributed by atoms with Crippen LogP contribution >= 0.6 is 11.6 Å². The van der Waals surface area contributed by atoms with Gasteiger partial charge in [0.1, 0.15) is 5.75 Å². The van der Waals surface area contributed by atoms with Crippen molar-refractivity contribution < 1.29 is 14.3 Å². The highest BCUT2D eigenvalue weighted by Crippen LogP contribution is 2.19. The highest BCUT2D eigenvalue weighted by molar-refractivity contribution is 6.40. The van der Waals surface area contributed by atoms with Gasteiger partial charge in [-0.2, -0.15) is 5.10 Å². The number of halogens is 1. The number of amides is 2. The van der Waals surface area contributed by atoms with Gasteiger partial charge in [0.25, 0.3) is 0 Å². The molecule has 0 fully saturated rings. The molecule has 2 N–H and O–H groups in total. The van der Waals surface area contributed by atoms with Gasteiger partial charge >= 0.3 is 11.8 Å². The molecule has 2 rings (SSSR count). The van der Waals surface area contributed by atoms with Crippen LogP contribution < -0.4 is 15.5 Å². The van der Waals surface area contributed by atoms with E-state index in [1.165, 1.54) is 6.21 Å². The maximum absolute atomic E-state index is 11.9. The van der Waals surface area contributed by atoms with E-state index in [0.717, 1.165) is 11.1 Å². The third kappa shape index (κ3) is 4.82. The fourth-order valence-electron chi connectivity index (χ4n) is 1.85. The molecule has 6 nitrogen and oxygen atoms in total. The van der Waals surface area contributed by atoms with E-state index in [-0.39, 0.29) is 0 Å². The number of methoxy groups -OCH3 is 1. The minimum Gasteiger partial charge on any atom is -0.497 e. The number of carbonyl (C=O) groups is 2. The maximum atomic E-state index is 11.9. The molecule has 0 aliphatic heterocycles. The van der Waals surface area contributed by atoms with Crippen LogP contribution in [-0.2, 0) is 9.59 Å². The Balaban J connectivity index is 1.95. The molecule has 0 saturated carbocycles. The fraction of sp³-hybridized carbons (Fsp3) is 0.118. The minimum absolute atomic E-state index is 0.465. The first kappa shape index (κ1) is 17.5. The van der Waals surface area contributed by atoms with Crippen molar-refractivity contribution in [1.82, 2.24) is 5.43 Å². The van der Waals surface area contributed by atoms with Gasteiger partial charge < -0.3 is 10.1 Å². The lowest BCUT2D eigenvalue weighted by atomic mass is 10.2. The molecule has 0 bridgehead atoms. The number of hydrogen-bond donors (Lipinski definition) is 2. The van der Waals surface area contributed by atoms with Crippen molar-refractivity contribution in [2.24, 2.45) is 5.10 Å². The van der Waals surface area contributed by atoms with E-state index in [1.54, 1.807) is 56.5 Å². The summed E-state index contributed by atoms with van der Waals surface area (Å²) >= 11 is 5.87. The smallest absolute Gasteiger partial charge is 0.329 e. The van der Waals surface area contributed by atoms with Crippen LogP contribution in [0.25, 0.3) is 0 Å². The first-order valence-electron chi connectivity index (χ1n) is 7.04. The van der Waals surface area contributed by atoms with Crippen molar-refractivity contribution in [3.63, 3.8) is 0 Å². The topological polar surface area (TPSA) is 79.8 Å². The number of ether oxygens (including phenoxy) is 1. The summed E-state index contributed by atoms with van der Waals surface area (Å²) in [6, 6.07) is 12.1. The lowest BCUT2D eigenvalue weighted by molar-refractivity contribution is -0.136. The summed E-state index contributed by atoms with van der Waals surface area (Å²) in [4.78, 5) is 23.6. The predicted octanol–water partition coefficient (Wildman–Crippen LogP) is 2.75. The number of hydrazone groups is 1. The molecule has 0 heterocycles. The van der Waals surface area contributed by atoms with Crippen LogP contribution in [0.5, 0.6) is 5.75 Å². The van der Waals surface area contributed by atoms with Crippen LogP contribution in [0.2, 0.25) is 5.02 Å². The van der Waals surface area contributed by atoms with Crippen molar-refractivity contribution >= 4 is 35.3 Å². The Morgan fingerprint density at radius 2 is 1.96 bits per heavy atom. The van der Waals surface area contributed by atoms with Gasteiger partial charge in [-0.15, -0.1) is 0 Å². The zero-order valence-electron chi connectivity index (χ0n) is 13.2. The van der Waals surface area contributed by atoms with Gasteiger partial charge in [-0.3, -0.25) is 9.59 Å². The normalized spacial score (nSPS) is 10.5. The number of nitrogens with one attached hydrogen (secondary N) is 2. The average Bonchev–Trinajstić information content (AvgIpc) is 2.58. The molecule has 0 unspecified atom stereocenters. The molecule has 0 aromatic heterocycles. The molecule has 2 aromatic rings. The van der Waals surface area contributed by atoms with Crippen LogP contribution in [0.1, 0.15) is 11.1 Å². The van der Waals surface area contributed by atoms with E-state index in [4.69, 9.17) is 16.3 Å². The van der Waals surface area contributed by atoms with Gasteiger partial charge in [-0.05, 0) is 42.3 Å². The number of nitrogens with zero attached hydrogens (tertiary/aromatic N) is 1. The Labute approximate surface area is 144 Å². The standard InChI is InChI=1S/C17H16ClN3O3/c1-11-6-7-13(18)9-15(11)20-16(22)17(23)21-19-10-12-4-3-5-14(8-12)24-2/h3-10H,1-2H3,(H,20,22)(H,21,23)/b19-10-. The monoisotopic (exact) mass is 345 g/mol. The van der Waals surface area contributed by atoms with Crippen LogP contribution in [0.3, 0.4) is 0 Å². The molecule has 2 amide bonds. The summed E-state index contributed by atoms with van der Waals surface area (Å²) in [5.74, 6) is -1.05. The van der Waals surface area contributed by atoms with Gasteiger partial charge in [0, 0.05) is 10.7 Å². The van der Waals surface area contributed by atoms with Gasteiger partial charge in [-0.25, -0.2) is 5.43 Å². The molecule has 0 aliphatic rings. The molecule has 0 radical (unpaired) electrons. The second-order valence-corrected chi connectivity index (χ2v) is 5.33. The summed E-state index contributed by atoms with van der Waals surface area (Å²) in [6.45, 7) is 1.80. The van der Waals surface area contributed by atoms with Crippen molar-refractivity contribution in [3.05, 3.63) is 58.6 Å². The van der Waals surface area contributed by atoms with Gasteiger partial charge in [-0.1, -0.05) is 29.8 Å². The molecule has 124 valence electrons. The molecule has 0 aliphatic carbocycles. The Morgan fingerprint density at radius 1 is 1.17 bits per heavy atom. The first-order chi connectivity index (χ1) is 11.5. The molecule has 0 atom stereocenters. The minimum atomic E-state index is -0.881. The summed E-state index contributed by atoms with van der Waals surface area (Å²) in [7, 11) is 1.56. The van der Waals surface area contributed by atoms with Gasteiger partial charge in [0.2, 0.25) is 0 Å². The SMILES string of the molecule is COc1cccc(/C=N\NC(=O)C(=O)Nc2cc(Cl)ccc2C)c1. The number of hydrogen-bond acceptors (Lipinski definition) is 4. The molecule has 2 aromatic carbocycles. The summed E-state index contributed by atoms with van der Waals surface area (Å²) < 4.78 is 5.08. The number of rotatable bonds is 4. The Bertz CT molecular complexity index is 790. The highest BCUT2D eigenvalue weighted by atomic mass is 35.5. The quantitative estimate of drug-likeness (QED) is 0.508. The van der Waals surface area contributed by atoms with Crippen molar-refractivity contribution in [3.8, 4) is 5.75 Å². The Kier molecular flexibility index (Phi) is 5.92. The fourth-order valence-corrected chi connectivity index (χ4v) is 2.02. The van der Waals surface area contributed by atoms with Crippen molar-refractivity contribution in [2.75, 3.05) is 12.4 Å². The molecular weight excluding hydrogens is 330 g/mol. The lowest BCUT2D eigenvalue weighted by Crippen LogP contribution is -2.32. The van der Waals surface area contributed by atoms with Crippen molar-refractivity contribution in [1.29, 1.82) is 0 Å². The van der Waals surface area contributed by atoms with E-state index in [2.05, 4.69) is 15.8 Å². The highest BCUT2D eigenvalue weighted by Gasteiger charge is 2.14. The predicted molar refractivity (Wildman–Crippen MR) is 93.5 cm³/mol. The average molecular weight is 346 g/mol. The zero-order valence-corrected chi connectivity index (χ0v) is 13.9. The van der Waals surface area contributed by atoms with E-state index >= 15 is 0 Å². The summed E-state index contributed by atoms with van der Waals surface area (Å²) in [6.07, 6.45) is 1.42. The van der Waals surface area contributed by atoms with Crippen LogP contribution in [-0.4, -0.2) is 25.1 Å². The molecule has 0 saturated heterocycles. The van der Waals surface area contributed by atoms with Gasteiger partial charge in [0.15, 0.2) is 0 Å². The number of carbonyl (C=O) groups excluding carboxylic acids is 2. The largest absolute Gasteiger partial charge is 0.497 e. The second kappa shape index (κ2) is 8.12. The van der Waals surface area contributed by atoms with Gasteiger partial charge in [0.05, 0.1) is 13.3 Å². The third-order valence-electron chi connectivity index (χ3n) is 3.13. The summed E-state index contributed by atoms with van der Waals surface area (Å²) in [5.41, 5.74) is 4.15. The number of aryl methyl sites for hydroxylation is 1. The number of benzene rings is 2. The maximum Gasteiger partial charge on any atom is 0.329 e. The van der Waals surface area contributed by atoms with Crippen LogP contribution in [0, 0.1) is 6.92 Å². The first-order valence-corrected chi connectivity index (χ1v) is 7.42. The van der Waals surface area contributed by atoms with Crippen LogP contribution in [0.15, 0.2) is 47.6 Å². The van der Waals surface area contributed by atoms with E-state index in [0.29, 0.717) is 16.5 Å². The molecular formula is C17H16ClN3O3. The van der Waals surface area contributed by atoms with E-state index in [1.807, 2.05) is 0 Å². The zero-order chi connectivity index (χ0) is 17.5. The molecule has 24 heavy (non-hydrogen) atoms. The number of anilines is 1. The Morgan fingerprint density at radius 3 is 2.71 bits per heavy atom. The lowest BCUT2D eigenvalue weighted by Gasteiger charge is -2.07. The van der Waals surface area contributed by atoms with E-state index < -0.39 is 11.8 Å².